The summed E-state index contributed by atoms with van der Waals surface area (Å²) in [6.45, 7) is 6.60. The molecule has 1 saturated heterocycles. The Morgan fingerprint density at radius 3 is 3.12 bits per heavy atom. The van der Waals surface area contributed by atoms with Crippen LogP contribution in [0, 0.1) is 0 Å². The summed E-state index contributed by atoms with van der Waals surface area (Å²) in [4.78, 5) is 18.7. The second kappa shape index (κ2) is 7.76. The zero-order chi connectivity index (χ0) is 16.9. The molecule has 0 spiro atoms. The molecule has 1 N–H and O–H groups in total. The molecule has 7 nitrogen and oxygen atoms in total. The highest BCUT2D eigenvalue weighted by molar-refractivity contribution is 7.13. The number of anilines is 1. The van der Waals surface area contributed by atoms with Crippen LogP contribution in [0.1, 0.15) is 37.6 Å². The molecule has 0 aromatic carbocycles. The number of aromatic nitrogens is 3. The Kier molecular flexibility index (Phi) is 5.47. The molecule has 3 rings (SSSR count). The van der Waals surface area contributed by atoms with E-state index >= 15 is 0 Å². The van der Waals surface area contributed by atoms with Gasteiger partial charge in [0.25, 0.3) is 0 Å². The monoisotopic (exact) mass is 349 g/mol. The number of rotatable bonds is 5. The topological polar surface area (TPSA) is 72.3 Å². The number of urea groups is 1. The zero-order valence-corrected chi connectivity index (χ0v) is 14.9. The van der Waals surface area contributed by atoms with E-state index in [4.69, 9.17) is 4.74 Å². The number of amides is 2. The van der Waals surface area contributed by atoms with E-state index in [0.717, 1.165) is 30.6 Å². The number of carbonyl (C=O) groups excluding carboxylic acids is 1. The fourth-order valence-corrected chi connectivity index (χ4v) is 3.39. The molecule has 2 aromatic rings. The Bertz CT molecular complexity index is 684. The van der Waals surface area contributed by atoms with Crippen LogP contribution in [0.3, 0.4) is 0 Å². The minimum atomic E-state index is -0.128. The molecule has 24 heavy (non-hydrogen) atoms. The normalized spacial score (nSPS) is 17.9. The van der Waals surface area contributed by atoms with Crippen molar-refractivity contribution in [3.05, 3.63) is 29.0 Å². The Morgan fingerprint density at radius 1 is 1.50 bits per heavy atom. The van der Waals surface area contributed by atoms with Crippen LogP contribution in [0.2, 0.25) is 0 Å². The van der Waals surface area contributed by atoms with Gasteiger partial charge in [0, 0.05) is 30.2 Å². The SMILES string of the molecule is CCCc1csc(NC(=O)N2CCO[C@H](c3cnn(CC)c3)C2)n1. The van der Waals surface area contributed by atoms with Crippen LogP contribution in [-0.4, -0.2) is 45.4 Å². The molecule has 0 radical (unpaired) electrons. The van der Waals surface area contributed by atoms with Gasteiger partial charge in [0.15, 0.2) is 5.13 Å². The Hall–Kier alpha value is -1.93. The van der Waals surface area contributed by atoms with Crippen LogP contribution in [0.15, 0.2) is 17.8 Å². The number of morpholine rings is 1. The molecule has 0 bridgehead atoms. The third-order valence-corrected chi connectivity index (χ3v) is 4.78. The van der Waals surface area contributed by atoms with Gasteiger partial charge in [0.1, 0.15) is 6.10 Å². The van der Waals surface area contributed by atoms with Crippen LogP contribution >= 0.6 is 11.3 Å². The van der Waals surface area contributed by atoms with Gasteiger partial charge in [-0.25, -0.2) is 9.78 Å². The molecule has 0 unspecified atom stereocenters. The predicted molar refractivity (Wildman–Crippen MR) is 93.3 cm³/mol. The predicted octanol–water partition coefficient (Wildman–Crippen LogP) is 2.92. The second-order valence-electron chi connectivity index (χ2n) is 5.76. The van der Waals surface area contributed by atoms with Gasteiger partial charge in [0.05, 0.1) is 25.0 Å². The highest BCUT2D eigenvalue weighted by atomic mass is 32.1. The van der Waals surface area contributed by atoms with E-state index in [2.05, 4.69) is 22.3 Å². The van der Waals surface area contributed by atoms with Gasteiger partial charge in [-0.05, 0) is 13.3 Å². The van der Waals surface area contributed by atoms with Gasteiger partial charge >= 0.3 is 6.03 Å². The summed E-state index contributed by atoms with van der Waals surface area (Å²) in [5, 5.41) is 9.83. The highest BCUT2D eigenvalue weighted by Crippen LogP contribution is 2.23. The zero-order valence-electron chi connectivity index (χ0n) is 14.1. The van der Waals surface area contributed by atoms with Crippen LogP contribution in [0.25, 0.3) is 0 Å². The number of nitrogens with one attached hydrogen (secondary N) is 1. The smallest absolute Gasteiger partial charge is 0.323 e. The first-order valence-corrected chi connectivity index (χ1v) is 9.21. The molecule has 1 aliphatic heterocycles. The van der Waals surface area contributed by atoms with E-state index < -0.39 is 0 Å². The van der Waals surface area contributed by atoms with Gasteiger partial charge in [-0.1, -0.05) is 13.3 Å². The number of nitrogens with zero attached hydrogens (tertiary/aromatic N) is 4. The Labute approximate surface area is 145 Å². The molecule has 2 aromatic heterocycles. The fraction of sp³-hybridized carbons (Fsp3) is 0.562. The van der Waals surface area contributed by atoms with Crippen molar-refractivity contribution in [2.75, 3.05) is 25.0 Å². The van der Waals surface area contributed by atoms with Crippen molar-refractivity contribution in [2.45, 2.75) is 39.3 Å². The standard InChI is InChI=1S/C16H23N5O2S/c1-3-5-13-11-24-15(18-13)19-16(22)20-6-7-23-14(10-20)12-8-17-21(4-2)9-12/h8-9,11,14H,3-7,10H2,1-2H3,(H,18,19,22)/t14-/m0/s1. The molecule has 3 heterocycles. The van der Waals surface area contributed by atoms with E-state index in [-0.39, 0.29) is 12.1 Å². The minimum absolute atomic E-state index is 0.122. The molecule has 1 fully saturated rings. The van der Waals surface area contributed by atoms with Gasteiger partial charge in [-0.15, -0.1) is 11.3 Å². The van der Waals surface area contributed by atoms with E-state index in [9.17, 15) is 4.79 Å². The molecule has 0 saturated carbocycles. The first-order valence-electron chi connectivity index (χ1n) is 8.33. The molecular formula is C16H23N5O2S. The quantitative estimate of drug-likeness (QED) is 0.901. The first-order chi connectivity index (χ1) is 11.7. The van der Waals surface area contributed by atoms with E-state index in [1.165, 1.54) is 11.3 Å². The highest BCUT2D eigenvalue weighted by Gasteiger charge is 2.26. The lowest BCUT2D eigenvalue weighted by atomic mass is 10.1. The average Bonchev–Trinajstić information content (AvgIpc) is 3.25. The van der Waals surface area contributed by atoms with Crippen molar-refractivity contribution in [1.29, 1.82) is 0 Å². The average molecular weight is 349 g/mol. The molecule has 2 amide bonds. The first kappa shape index (κ1) is 16.9. The number of thiazole rings is 1. The minimum Gasteiger partial charge on any atom is -0.370 e. The summed E-state index contributed by atoms with van der Waals surface area (Å²) in [5.41, 5.74) is 2.04. The molecule has 1 aliphatic rings. The lowest BCUT2D eigenvalue weighted by Crippen LogP contribution is -2.44. The van der Waals surface area contributed by atoms with E-state index in [1.807, 2.05) is 29.4 Å². The molecular weight excluding hydrogens is 326 g/mol. The largest absolute Gasteiger partial charge is 0.370 e. The lowest BCUT2D eigenvalue weighted by molar-refractivity contribution is -0.0135. The maximum atomic E-state index is 12.5. The van der Waals surface area contributed by atoms with Gasteiger partial charge in [-0.2, -0.15) is 5.10 Å². The Morgan fingerprint density at radius 2 is 2.38 bits per heavy atom. The van der Waals surface area contributed by atoms with Crippen LogP contribution in [0.5, 0.6) is 0 Å². The van der Waals surface area contributed by atoms with Crippen molar-refractivity contribution in [1.82, 2.24) is 19.7 Å². The number of hydrogen-bond donors (Lipinski definition) is 1. The summed E-state index contributed by atoms with van der Waals surface area (Å²) in [5.74, 6) is 0. The number of carbonyl (C=O) groups is 1. The molecule has 0 aliphatic carbocycles. The summed E-state index contributed by atoms with van der Waals surface area (Å²) in [6.07, 6.45) is 5.65. The van der Waals surface area contributed by atoms with Crippen LogP contribution < -0.4 is 5.32 Å². The van der Waals surface area contributed by atoms with Crippen LogP contribution in [-0.2, 0) is 17.7 Å². The number of ether oxygens (including phenoxy) is 1. The molecule has 130 valence electrons. The van der Waals surface area contributed by atoms with E-state index in [0.29, 0.717) is 24.8 Å². The third kappa shape index (κ3) is 3.93. The third-order valence-electron chi connectivity index (χ3n) is 3.97. The number of hydrogen-bond acceptors (Lipinski definition) is 5. The summed E-state index contributed by atoms with van der Waals surface area (Å²) in [7, 11) is 0. The Balaban J connectivity index is 1.59. The van der Waals surface area contributed by atoms with Crippen molar-refractivity contribution in [3.63, 3.8) is 0 Å². The summed E-state index contributed by atoms with van der Waals surface area (Å²) >= 11 is 1.47. The van der Waals surface area contributed by atoms with Crippen molar-refractivity contribution in [3.8, 4) is 0 Å². The van der Waals surface area contributed by atoms with Gasteiger partial charge < -0.3 is 9.64 Å². The van der Waals surface area contributed by atoms with Gasteiger partial charge in [-0.3, -0.25) is 10.00 Å². The maximum absolute atomic E-state index is 12.5. The van der Waals surface area contributed by atoms with Gasteiger partial charge in [0.2, 0.25) is 0 Å². The molecule has 8 heteroatoms. The maximum Gasteiger partial charge on any atom is 0.323 e. The van der Waals surface area contributed by atoms with Crippen molar-refractivity contribution < 1.29 is 9.53 Å². The fourth-order valence-electron chi connectivity index (χ4n) is 2.66. The van der Waals surface area contributed by atoms with Crippen molar-refractivity contribution in [2.24, 2.45) is 0 Å². The summed E-state index contributed by atoms with van der Waals surface area (Å²) < 4.78 is 7.66. The lowest BCUT2D eigenvalue weighted by Gasteiger charge is -2.32. The van der Waals surface area contributed by atoms with Crippen molar-refractivity contribution >= 4 is 22.5 Å². The van der Waals surface area contributed by atoms with E-state index in [1.54, 1.807) is 4.90 Å². The number of aryl methyl sites for hydroxylation is 2. The molecule has 1 atom stereocenters. The second-order valence-corrected chi connectivity index (χ2v) is 6.62. The summed E-state index contributed by atoms with van der Waals surface area (Å²) in [6, 6.07) is -0.122. The van der Waals surface area contributed by atoms with Crippen LogP contribution in [0.4, 0.5) is 9.93 Å².